The highest BCUT2D eigenvalue weighted by Gasteiger charge is 2.39. The van der Waals surface area contributed by atoms with Crippen LogP contribution in [0.4, 0.5) is 0 Å². The molecule has 1 aromatic heterocycles. The molecule has 0 atom stereocenters. The summed E-state index contributed by atoms with van der Waals surface area (Å²) in [5.41, 5.74) is 3.84. The Morgan fingerprint density at radius 3 is 1.61 bits per heavy atom. The summed E-state index contributed by atoms with van der Waals surface area (Å²) >= 11 is 6.40. The van der Waals surface area contributed by atoms with E-state index in [1.54, 1.807) is 0 Å². The second-order valence-corrected chi connectivity index (χ2v) is 8.23. The first kappa shape index (κ1) is 21.0. The first-order chi connectivity index (χ1) is 16.3. The molecular formula is C30H23ClN2. The lowest BCUT2D eigenvalue weighted by atomic mass is 9.76. The molecule has 3 heteroatoms. The average molecular weight is 447 g/mol. The molecule has 1 heterocycles. The van der Waals surface area contributed by atoms with Gasteiger partial charge in [-0.1, -0.05) is 121 Å². The van der Waals surface area contributed by atoms with Gasteiger partial charge in [0, 0.05) is 17.4 Å². The molecule has 0 amide bonds. The predicted molar refractivity (Wildman–Crippen MR) is 137 cm³/mol. The van der Waals surface area contributed by atoms with Gasteiger partial charge in [-0.3, -0.25) is 0 Å². The molecule has 0 unspecified atom stereocenters. The summed E-state index contributed by atoms with van der Waals surface area (Å²) in [6.07, 6.45) is 7.97. The highest BCUT2D eigenvalue weighted by molar-refractivity contribution is 6.32. The van der Waals surface area contributed by atoms with Gasteiger partial charge in [0.25, 0.3) is 0 Å². The molecule has 0 spiro atoms. The summed E-state index contributed by atoms with van der Waals surface area (Å²) in [7, 11) is 0. The first-order valence-electron chi connectivity index (χ1n) is 10.9. The molecule has 5 rings (SSSR count). The average Bonchev–Trinajstić information content (AvgIpc) is 3.35. The lowest BCUT2D eigenvalue weighted by Crippen LogP contribution is -2.38. The van der Waals surface area contributed by atoms with E-state index in [0.717, 1.165) is 28.1 Å². The second kappa shape index (κ2) is 9.32. The van der Waals surface area contributed by atoms with Crippen molar-refractivity contribution in [1.82, 2.24) is 9.55 Å². The Labute approximate surface area is 199 Å². The van der Waals surface area contributed by atoms with E-state index >= 15 is 0 Å². The second-order valence-electron chi connectivity index (χ2n) is 7.82. The Morgan fingerprint density at radius 2 is 1.09 bits per heavy atom. The molecule has 0 N–H and O–H groups in total. The molecule has 2 nitrogen and oxygen atoms in total. The van der Waals surface area contributed by atoms with Gasteiger partial charge in [-0.15, -0.1) is 0 Å². The van der Waals surface area contributed by atoms with Crippen molar-refractivity contribution >= 4 is 23.8 Å². The van der Waals surface area contributed by atoms with Gasteiger partial charge in [0.1, 0.15) is 11.4 Å². The van der Waals surface area contributed by atoms with Crippen molar-refractivity contribution in [3.05, 3.63) is 161 Å². The van der Waals surface area contributed by atoms with E-state index in [9.17, 15) is 0 Å². The van der Waals surface area contributed by atoms with Gasteiger partial charge in [0.05, 0.1) is 0 Å². The Hall–Kier alpha value is -3.88. The van der Waals surface area contributed by atoms with Gasteiger partial charge in [-0.2, -0.15) is 0 Å². The van der Waals surface area contributed by atoms with Crippen molar-refractivity contribution < 1.29 is 0 Å². The number of hydrogen-bond acceptors (Lipinski definition) is 1. The van der Waals surface area contributed by atoms with Gasteiger partial charge in [-0.05, 0) is 40.5 Å². The molecule has 0 aliphatic carbocycles. The van der Waals surface area contributed by atoms with Crippen molar-refractivity contribution in [2.75, 3.05) is 0 Å². The normalized spacial score (nSPS) is 11.7. The van der Waals surface area contributed by atoms with Crippen molar-refractivity contribution in [2.45, 2.75) is 5.54 Å². The summed E-state index contributed by atoms with van der Waals surface area (Å²) in [4.78, 5) is 4.74. The van der Waals surface area contributed by atoms with Crippen LogP contribution in [0.5, 0.6) is 0 Å². The topological polar surface area (TPSA) is 17.8 Å². The summed E-state index contributed by atoms with van der Waals surface area (Å²) in [5.74, 6) is 0.839. The van der Waals surface area contributed by atoms with Crippen LogP contribution in [0.25, 0.3) is 12.2 Å². The van der Waals surface area contributed by atoms with Crippen molar-refractivity contribution in [1.29, 1.82) is 0 Å². The van der Waals surface area contributed by atoms with E-state index < -0.39 is 5.54 Å². The number of benzene rings is 4. The lowest BCUT2D eigenvalue weighted by molar-refractivity contribution is 0.511. The van der Waals surface area contributed by atoms with E-state index in [1.165, 1.54) is 0 Å². The highest BCUT2D eigenvalue weighted by Crippen LogP contribution is 2.41. The molecule has 0 aliphatic heterocycles. The van der Waals surface area contributed by atoms with Gasteiger partial charge >= 0.3 is 0 Å². The largest absolute Gasteiger partial charge is 0.313 e. The minimum atomic E-state index is -0.597. The third-order valence-corrected chi connectivity index (χ3v) is 6.27. The summed E-state index contributed by atoms with van der Waals surface area (Å²) in [6, 6.07) is 39.6. The minimum absolute atomic E-state index is 0.597. The maximum Gasteiger partial charge on any atom is 0.133 e. The fraction of sp³-hybridized carbons (Fsp3) is 0.0333. The summed E-state index contributed by atoms with van der Waals surface area (Å²) in [6.45, 7) is 0. The van der Waals surface area contributed by atoms with Crippen LogP contribution in [0.1, 0.15) is 28.1 Å². The van der Waals surface area contributed by atoms with E-state index in [1.807, 2.05) is 42.6 Å². The van der Waals surface area contributed by atoms with Crippen LogP contribution in [0.3, 0.4) is 0 Å². The highest BCUT2D eigenvalue weighted by atomic mass is 35.5. The lowest BCUT2D eigenvalue weighted by Gasteiger charge is -2.38. The maximum atomic E-state index is 6.40. The Bertz CT molecular complexity index is 1260. The van der Waals surface area contributed by atoms with Crippen molar-refractivity contribution in [3.63, 3.8) is 0 Å². The molecule has 0 saturated carbocycles. The molecule has 0 bridgehead atoms. The van der Waals surface area contributed by atoms with Crippen LogP contribution in [0, 0.1) is 0 Å². The molecule has 5 aromatic rings. The van der Waals surface area contributed by atoms with Gasteiger partial charge in [0.15, 0.2) is 0 Å². The molecule has 160 valence electrons. The first-order valence-corrected chi connectivity index (χ1v) is 11.3. The Balaban J connectivity index is 1.79. The number of hydrogen-bond donors (Lipinski definition) is 0. The van der Waals surface area contributed by atoms with Crippen LogP contribution < -0.4 is 0 Å². The molecule has 0 saturated heterocycles. The van der Waals surface area contributed by atoms with Crippen LogP contribution >= 0.6 is 11.6 Å². The maximum absolute atomic E-state index is 6.40. The quantitative estimate of drug-likeness (QED) is 0.246. The molecule has 33 heavy (non-hydrogen) atoms. The fourth-order valence-electron chi connectivity index (χ4n) is 4.45. The monoisotopic (exact) mass is 446 g/mol. The van der Waals surface area contributed by atoms with Crippen LogP contribution in [-0.2, 0) is 5.54 Å². The summed E-state index contributed by atoms with van der Waals surface area (Å²) in [5, 5.41) is 0.715. The predicted octanol–water partition coefficient (Wildman–Crippen LogP) is 7.55. The SMILES string of the molecule is Clc1ccccc1C=Cc1nccn1C(c1ccccc1)(c1ccccc1)c1ccccc1. The van der Waals surface area contributed by atoms with Crippen LogP contribution in [0.15, 0.2) is 128 Å². The van der Waals surface area contributed by atoms with Gasteiger partial charge in [0.2, 0.25) is 0 Å². The molecule has 0 fully saturated rings. The van der Waals surface area contributed by atoms with Crippen LogP contribution in [0.2, 0.25) is 5.02 Å². The molecule has 0 aliphatic rings. The van der Waals surface area contributed by atoms with E-state index in [0.29, 0.717) is 5.02 Å². The van der Waals surface area contributed by atoms with E-state index in [4.69, 9.17) is 16.6 Å². The Kier molecular flexibility index (Phi) is 5.93. The zero-order valence-corrected chi connectivity index (χ0v) is 18.8. The number of imidazole rings is 1. The number of rotatable bonds is 6. The fourth-order valence-corrected chi connectivity index (χ4v) is 4.65. The van der Waals surface area contributed by atoms with Crippen LogP contribution in [-0.4, -0.2) is 9.55 Å². The van der Waals surface area contributed by atoms with E-state index in [2.05, 4.69) is 102 Å². The molecule has 0 radical (unpaired) electrons. The standard InChI is InChI=1S/C30H23ClN2/c31-28-19-11-10-12-24(28)20-21-29-32-22-23-33(29)30(25-13-4-1-5-14-25,26-15-6-2-7-16-26)27-17-8-3-9-18-27/h1-23H. The molecular weight excluding hydrogens is 424 g/mol. The number of aromatic nitrogens is 2. The third-order valence-electron chi connectivity index (χ3n) is 5.92. The minimum Gasteiger partial charge on any atom is -0.313 e. The zero-order valence-electron chi connectivity index (χ0n) is 18.1. The van der Waals surface area contributed by atoms with Gasteiger partial charge in [-0.25, -0.2) is 4.98 Å². The van der Waals surface area contributed by atoms with Gasteiger partial charge < -0.3 is 4.57 Å². The summed E-state index contributed by atoms with van der Waals surface area (Å²) < 4.78 is 2.25. The van der Waals surface area contributed by atoms with Crippen molar-refractivity contribution in [2.24, 2.45) is 0 Å². The molecule has 4 aromatic carbocycles. The number of halogens is 1. The Morgan fingerprint density at radius 1 is 0.606 bits per heavy atom. The van der Waals surface area contributed by atoms with Crippen molar-refractivity contribution in [3.8, 4) is 0 Å². The third kappa shape index (κ3) is 3.90. The zero-order chi connectivity index (χ0) is 22.5. The number of nitrogens with zero attached hydrogens (tertiary/aromatic N) is 2. The smallest absolute Gasteiger partial charge is 0.133 e. The van der Waals surface area contributed by atoms with E-state index in [-0.39, 0.29) is 0 Å².